The number of carbonyl (C=O) groups excluding carboxylic acids is 1. The van der Waals surface area contributed by atoms with Gasteiger partial charge in [0.05, 0.1) is 6.61 Å². The smallest absolute Gasteiger partial charge is 0.326 e. The monoisotopic (exact) mass is 270 g/mol. The average molecular weight is 270 g/mol. The minimum atomic E-state index is -0.534. The fraction of sp³-hybridized carbons (Fsp3) is 0.933. The van der Waals surface area contributed by atoms with E-state index in [1.54, 1.807) is 0 Å². The maximum Gasteiger partial charge on any atom is 0.326 e. The van der Waals surface area contributed by atoms with Crippen LogP contribution in [0.4, 0.5) is 0 Å². The highest BCUT2D eigenvalue weighted by Crippen LogP contribution is 2.27. The molecule has 0 radical (unpaired) electrons. The van der Waals surface area contributed by atoms with Crippen LogP contribution in [-0.2, 0) is 9.53 Å². The Balaban J connectivity index is 2.41. The molecule has 0 amide bonds. The predicted molar refractivity (Wildman–Crippen MR) is 78.2 cm³/mol. The van der Waals surface area contributed by atoms with Crippen molar-refractivity contribution in [2.45, 2.75) is 65.0 Å². The Bertz CT molecular complexity index is 279. The molecule has 0 aromatic carbocycles. The summed E-state index contributed by atoms with van der Waals surface area (Å²) in [6.07, 6.45) is 4.56. The van der Waals surface area contributed by atoms with Gasteiger partial charge in [0.2, 0.25) is 0 Å². The molecule has 112 valence electrons. The van der Waals surface area contributed by atoms with Crippen molar-refractivity contribution in [2.24, 2.45) is 0 Å². The molecule has 1 unspecified atom stereocenters. The molecule has 1 N–H and O–H groups in total. The third kappa shape index (κ3) is 5.11. The van der Waals surface area contributed by atoms with Crippen molar-refractivity contribution >= 4 is 5.97 Å². The molecule has 1 rings (SSSR count). The minimum absolute atomic E-state index is 0.119. The highest BCUT2D eigenvalue weighted by Gasteiger charge is 2.34. The van der Waals surface area contributed by atoms with Gasteiger partial charge in [0.15, 0.2) is 0 Å². The highest BCUT2D eigenvalue weighted by molar-refractivity contribution is 5.80. The Morgan fingerprint density at radius 3 is 2.53 bits per heavy atom. The Morgan fingerprint density at radius 2 is 2.05 bits per heavy atom. The average Bonchev–Trinajstić information content (AvgIpc) is 3.19. The van der Waals surface area contributed by atoms with Crippen LogP contribution in [0, 0.1) is 0 Å². The SMILES string of the molecule is CCNC(C)(CCCN(CC)C1CC1)C(=O)OCC. The summed E-state index contributed by atoms with van der Waals surface area (Å²) >= 11 is 0. The Morgan fingerprint density at radius 1 is 1.37 bits per heavy atom. The maximum atomic E-state index is 12.0. The normalized spacial score (nSPS) is 18.4. The first-order valence-electron chi connectivity index (χ1n) is 7.73. The van der Waals surface area contributed by atoms with Gasteiger partial charge in [-0.05, 0) is 59.2 Å². The molecule has 1 atom stereocenters. The van der Waals surface area contributed by atoms with Gasteiger partial charge in [0.25, 0.3) is 0 Å². The molecule has 1 aliphatic rings. The van der Waals surface area contributed by atoms with E-state index in [1.807, 2.05) is 20.8 Å². The summed E-state index contributed by atoms with van der Waals surface area (Å²) in [6, 6.07) is 0.804. The van der Waals surface area contributed by atoms with E-state index in [0.717, 1.165) is 38.5 Å². The summed E-state index contributed by atoms with van der Waals surface area (Å²) in [4.78, 5) is 14.6. The fourth-order valence-electron chi connectivity index (χ4n) is 2.62. The van der Waals surface area contributed by atoms with E-state index < -0.39 is 5.54 Å². The van der Waals surface area contributed by atoms with Crippen LogP contribution in [0.1, 0.15) is 53.4 Å². The number of likely N-dealkylation sites (N-methyl/N-ethyl adjacent to an activating group) is 1. The number of rotatable bonds is 10. The first kappa shape index (κ1) is 16.4. The van der Waals surface area contributed by atoms with Gasteiger partial charge < -0.3 is 15.0 Å². The molecule has 0 bridgehead atoms. The number of hydrogen-bond acceptors (Lipinski definition) is 4. The van der Waals surface area contributed by atoms with Crippen LogP contribution in [-0.4, -0.2) is 48.7 Å². The van der Waals surface area contributed by atoms with Gasteiger partial charge in [-0.2, -0.15) is 0 Å². The van der Waals surface area contributed by atoms with Crippen molar-refractivity contribution in [1.82, 2.24) is 10.2 Å². The van der Waals surface area contributed by atoms with Crippen molar-refractivity contribution in [1.29, 1.82) is 0 Å². The Hall–Kier alpha value is -0.610. The highest BCUT2D eigenvalue weighted by atomic mass is 16.5. The van der Waals surface area contributed by atoms with Crippen LogP contribution in [0.25, 0.3) is 0 Å². The van der Waals surface area contributed by atoms with Gasteiger partial charge in [0, 0.05) is 6.04 Å². The summed E-state index contributed by atoms with van der Waals surface area (Å²) in [7, 11) is 0. The molecule has 0 aromatic rings. The van der Waals surface area contributed by atoms with Gasteiger partial charge in [-0.15, -0.1) is 0 Å². The quantitative estimate of drug-likeness (QED) is 0.618. The minimum Gasteiger partial charge on any atom is -0.465 e. The van der Waals surface area contributed by atoms with Gasteiger partial charge in [0.1, 0.15) is 5.54 Å². The zero-order valence-corrected chi connectivity index (χ0v) is 13.0. The third-order valence-corrected chi connectivity index (χ3v) is 3.88. The van der Waals surface area contributed by atoms with Crippen LogP contribution in [0.2, 0.25) is 0 Å². The maximum absolute atomic E-state index is 12.0. The number of nitrogens with zero attached hydrogens (tertiary/aromatic N) is 1. The molecule has 0 aliphatic heterocycles. The molecule has 1 fully saturated rings. The molecule has 0 saturated heterocycles. The zero-order valence-electron chi connectivity index (χ0n) is 13.0. The molecule has 4 nitrogen and oxygen atoms in total. The standard InChI is InChI=1S/C15H30N2O2/c1-5-16-15(4,14(18)19-7-3)11-8-12-17(6-2)13-9-10-13/h13,16H,5-12H2,1-4H3. The van der Waals surface area contributed by atoms with Gasteiger partial charge >= 0.3 is 5.97 Å². The number of hydrogen-bond donors (Lipinski definition) is 1. The molecule has 19 heavy (non-hydrogen) atoms. The molecule has 1 aliphatic carbocycles. The first-order chi connectivity index (χ1) is 9.07. The fourth-order valence-corrected chi connectivity index (χ4v) is 2.62. The number of ether oxygens (including phenoxy) is 1. The number of esters is 1. The van der Waals surface area contributed by atoms with E-state index in [2.05, 4.69) is 17.1 Å². The molecule has 4 heteroatoms. The summed E-state index contributed by atoms with van der Waals surface area (Å²) in [6.45, 7) is 11.5. The van der Waals surface area contributed by atoms with E-state index in [-0.39, 0.29) is 5.97 Å². The Labute approximate surface area is 117 Å². The van der Waals surface area contributed by atoms with Crippen LogP contribution >= 0.6 is 0 Å². The van der Waals surface area contributed by atoms with Crippen molar-refractivity contribution in [2.75, 3.05) is 26.2 Å². The van der Waals surface area contributed by atoms with Crippen LogP contribution < -0.4 is 5.32 Å². The van der Waals surface area contributed by atoms with Gasteiger partial charge in [-0.1, -0.05) is 13.8 Å². The summed E-state index contributed by atoms with van der Waals surface area (Å²) in [5.41, 5.74) is -0.534. The molecule has 0 heterocycles. The molecule has 1 saturated carbocycles. The molecule has 0 spiro atoms. The predicted octanol–water partition coefficient (Wildman–Crippen LogP) is 2.18. The second-order valence-corrected chi connectivity index (χ2v) is 5.55. The summed E-state index contributed by atoms with van der Waals surface area (Å²) in [5.74, 6) is -0.119. The van der Waals surface area contributed by atoms with Crippen LogP contribution in [0.15, 0.2) is 0 Å². The second-order valence-electron chi connectivity index (χ2n) is 5.55. The van der Waals surface area contributed by atoms with Crippen LogP contribution in [0.5, 0.6) is 0 Å². The number of nitrogens with one attached hydrogen (secondary N) is 1. The van der Waals surface area contributed by atoms with E-state index in [9.17, 15) is 4.79 Å². The van der Waals surface area contributed by atoms with E-state index in [1.165, 1.54) is 12.8 Å². The first-order valence-corrected chi connectivity index (χ1v) is 7.73. The molecular weight excluding hydrogens is 240 g/mol. The largest absolute Gasteiger partial charge is 0.465 e. The lowest BCUT2D eigenvalue weighted by Gasteiger charge is -2.29. The van der Waals surface area contributed by atoms with E-state index >= 15 is 0 Å². The second kappa shape index (κ2) is 7.85. The van der Waals surface area contributed by atoms with E-state index in [4.69, 9.17) is 4.74 Å². The lowest BCUT2D eigenvalue weighted by molar-refractivity contribution is -0.150. The lowest BCUT2D eigenvalue weighted by atomic mass is 9.95. The van der Waals surface area contributed by atoms with Crippen molar-refractivity contribution in [3.05, 3.63) is 0 Å². The topological polar surface area (TPSA) is 41.6 Å². The van der Waals surface area contributed by atoms with E-state index in [0.29, 0.717) is 6.61 Å². The van der Waals surface area contributed by atoms with Crippen molar-refractivity contribution in [3.63, 3.8) is 0 Å². The third-order valence-electron chi connectivity index (χ3n) is 3.88. The summed E-state index contributed by atoms with van der Waals surface area (Å²) in [5, 5.41) is 3.29. The van der Waals surface area contributed by atoms with Crippen LogP contribution in [0.3, 0.4) is 0 Å². The van der Waals surface area contributed by atoms with Crippen molar-refractivity contribution in [3.8, 4) is 0 Å². The Kier molecular flexibility index (Phi) is 6.80. The molecule has 0 aromatic heterocycles. The van der Waals surface area contributed by atoms with Gasteiger partial charge in [-0.25, -0.2) is 0 Å². The zero-order chi connectivity index (χ0) is 14.3. The molecular formula is C15H30N2O2. The summed E-state index contributed by atoms with van der Waals surface area (Å²) < 4.78 is 5.19. The van der Waals surface area contributed by atoms with Gasteiger partial charge in [-0.3, -0.25) is 4.79 Å². The lowest BCUT2D eigenvalue weighted by Crippen LogP contribution is -2.50. The number of carbonyl (C=O) groups is 1. The van der Waals surface area contributed by atoms with Crippen molar-refractivity contribution < 1.29 is 9.53 Å².